The molecule has 0 aliphatic rings. The van der Waals surface area contributed by atoms with Gasteiger partial charge in [0, 0.05) is 5.57 Å². The number of hydrogen-bond donors (Lipinski definition) is 1. The Balaban J connectivity index is 3.56. The van der Waals surface area contributed by atoms with Crippen LogP contribution in [0.1, 0.15) is 26.2 Å². The Morgan fingerprint density at radius 2 is 2.00 bits per heavy atom. The maximum absolute atomic E-state index is 10.3. The highest BCUT2D eigenvalue weighted by atomic mass is 31.1. The second-order valence-corrected chi connectivity index (χ2v) is 3.86. The van der Waals surface area contributed by atoms with Crippen LogP contribution >= 0.6 is 7.68 Å². The fourth-order valence-corrected chi connectivity index (χ4v) is 1.27. The number of allylic oxidation sites excluding steroid dienone is 1. The summed E-state index contributed by atoms with van der Waals surface area (Å²) in [7, 11) is -2.28. The lowest BCUT2D eigenvalue weighted by atomic mass is 10.2. The molecule has 0 unspecified atom stereocenters. The predicted octanol–water partition coefficient (Wildman–Crippen LogP) is 2.36. The van der Waals surface area contributed by atoms with Gasteiger partial charge < -0.3 is 5.11 Å². The van der Waals surface area contributed by atoms with Gasteiger partial charge in [-0.2, -0.15) is 0 Å². The molecular formula is C8H13O4P. The molecule has 0 amide bonds. The summed E-state index contributed by atoms with van der Waals surface area (Å²) in [5.41, 5.74) is 0.312. The Morgan fingerprint density at radius 1 is 1.38 bits per heavy atom. The summed E-state index contributed by atoms with van der Waals surface area (Å²) >= 11 is 0. The van der Waals surface area contributed by atoms with Gasteiger partial charge in [-0.25, -0.2) is 13.9 Å². The molecule has 0 aromatic carbocycles. The first-order chi connectivity index (χ1) is 6.04. The van der Waals surface area contributed by atoms with Crippen LogP contribution < -0.4 is 0 Å². The van der Waals surface area contributed by atoms with E-state index in [9.17, 15) is 13.9 Å². The third-order valence-corrected chi connectivity index (χ3v) is 2.26. The maximum Gasteiger partial charge on any atom is 0.330 e. The van der Waals surface area contributed by atoms with Crippen LogP contribution in [0.2, 0.25) is 0 Å². The van der Waals surface area contributed by atoms with E-state index in [1.54, 1.807) is 6.08 Å². The van der Waals surface area contributed by atoms with Crippen LogP contribution in [-0.4, -0.2) is 17.2 Å². The van der Waals surface area contributed by atoms with E-state index in [2.05, 4.69) is 0 Å². The van der Waals surface area contributed by atoms with Crippen molar-refractivity contribution in [1.29, 1.82) is 0 Å². The highest BCUT2D eigenvalue weighted by Gasteiger charge is 1.98. The smallest absolute Gasteiger partial charge is 0.330 e. The summed E-state index contributed by atoms with van der Waals surface area (Å²) in [4.78, 5) is 10.3. The number of carboxylic acid groups (broad SMARTS) is 1. The summed E-state index contributed by atoms with van der Waals surface area (Å²) in [5, 5.41) is 8.46. The minimum absolute atomic E-state index is 0.190. The fourth-order valence-electron chi connectivity index (χ4n) is 0.791. The number of carbonyl (C=O) groups is 1. The van der Waals surface area contributed by atoms with Crippen molar-refractivity contribution >= 4 is 13.6 Å². The van der Waals surface area contributed by atoms with E-state index >= 15 is 0 Å². The molecule has 0 bridgehead atoms. The number of aliphatic carboxylic acids is 1. The lowest BCUT2D eigenvalue weighted by molar-refractivity contribution is -0.132. The molecule has 0 heterocycles. The second kappa shape index (κ2) is 6.61. The highest BCUT2D eigenvalue weighted by molar-refractivity contribution is 7.30. The topological polar surface area (TPSA) is 71.4 Å². The van der Waals surface area contributed by atoms with E-state index in [-0.39, 0.29) is 6.16 Å². The van der Waals surface area contributed by atoms with Crippen molar-refractivity contribution in [3.63, 3.8) is 0 Å². The van der Waals surface area contributed by atoms with E-state index in [1.807, 2.05) is 0 Å². The molecule has 1 N–H and O–H groups in total. The zero-order valence-corrected chi connectivity index (χ0v) is 8.42. The van der Waals surface area contributed by atoms with E-state index in [1.165, 1.54) is 6.92 Å². The van der Waals surface area contributed by atoms with Gasteiger partial charge in [0.25, 0.3) is 0 Å². The van der Waals surface area contributed by atoms with E-state index in [0.717, 1.165) is 0 Å². The zero-order chi connectivity index (χ0) is 10.3. The van der Waals surface area contributed by atoms with Crippen molar-refractivity contribution in [2.75, 3.05) is 6.16 Å². The molecule has 0 aromatic heterocycles. The first-order valence-corrected chi connectivity index (χ1v) is 5.42. The van der Waals surface area contributed by atoms with E-state index in [4.69, 9.17) is 5.11 Å². The molecule has 0 aliphatic carbocycles. The lowest BCUT2D eigenvalue weighted by Crippen LogP contribution is -1.95. The van der Waals surface area contributed by atoms with Gasteiger partial charge in [0.1, 0.15) is 0 Å². The molecule has 5 heteroatoms. The van der Waals surface area contributed by atoms with Crippen molar-refractivity contribution in [2.24, 2.45) is 0 Å². The predicted molar refractivity (Wildman–Crippen MR) is 48.4 cm³/mol. The van der Waals surface area contributed by atoms with Gasteiger partial charge in [0.2, 0.25) is 0 Å². The molecule has 0 fully saturated rings. The number of hydrogen-bond acceptors (Lipinski definition) is 3. The average Bonchev–Trinajstić information content (AvgIpc) is 2.02. The number of unbranched alkanes of at least 4 members (excludes halogenated alkanes) is 2. The van der Waals surface area contributed by atoms with Gasteiger partial charge in [-0.05, 0) is 26.2 Å². The first kappa shape index (κ1) is 12.1. The summed E-state index contributed by atoms with van der Waals surface area (Å²) < 4.78 is 20.3. The van der Waals surface area contributed by atoms with Gasteiger partial charge in [0.15, 0.2) is 0 Å². The Bertz CT molecular complexity index is 257. The third kappa shape index (κ3) is 7.47. The number of carboxylic acids is 1. The molecule has 0 aliphatic heterocycles. The standard InChI is InChI=1S/C8H13O4P/c1-7(8(9)10)5-3-2-4-6-13(11)12/h5H,2-4,6H2,1H3,(H,9,10). The van der Waals surface area contributed by atoms with Gasteiger partial charge in [-0.15, -0.1) is 0 Å². The van der Waals surface area contributed by atoms with Crippen LogP contribution in [0.3, 0.4) is 0 Å². The van der Waals surface area contributed by atoms with Gasteiger partial charge in [0.05, 0.1) is 6.16 Å². The van der Waals surface area contributed by atoms with Crippen LogP contribution in [0, 0.1) is 0 Å². The van der Waals surface area contributed by atoms with Crippen LogP contribution in [0.25, 0.3) is 0 Å². The Hall–Kier alpha value is -0.890. The Morgan fingerprint density at radius 3 is 2.46 bits per heavy atom. The molecule has 0 saturated carbocycles. The first-order valence-electron chi connectivity index (χ1n) is 4.06. The highest BCUT2D eigenvalue weighted by Crippen LogP contribution is 2.09. The molecule has 74 valence electrons. The molecule has 0 aromatic rings. The quantitative estimate of drug-likeness (QED) is 0.409. The summed E-state index contributed by atoms with van der Waals surface area (Å²) in [6.45, 7) is 1.52. The SMILES string of the molecule is CC(=CCCCCP(=O)=O)C(=O)O. The molecule has 13 heavy (non-hydrogen) atoms. The van der Waals surface area contributed by atoms with Gasteiger partial charge in [-0.3, -0.25) is 0 Å². The van der Waals surface area contributed by atoms with Crippen LogP contribution in [-0.2, 0) is 13.9 Å². The normalized spacial score (nSPS) is 11.3. The van der Waals surface area contributed by atoms with Crippen molar-refractivity contribution in [3.05, 3.63) is 11.6 Å². The van der Waals surface area contributed by atoms with Crippen molar-refractivity contribution in [1.82, 2.24) is 0 Å². The van der Waals surface area contributed by atoms with Crippen molar-refractivity contribution in [2.45, 2.75) is 26.2 Å². The summed E-state index contributed by atoms with van der Waals surface area (Å²) in [6.07, 6.45) is 3.74. The van der Waals surface area contributed by atoms with Crippen molar-refractivity contribution in [3.8, 4) is 0 Å². The molecule has 0 atom stereocenters. The minimum atomic E-state index is -2.28. The molecule has 0 spiro atoms. The fraction of sp³-hybridized carbons (Fsp3) is 0.625. The average molecular weight is 204 g/mol. The van der Waals surface area contributed by atoms with Crippen molar-refractivity contribution < 1.29 is 19.0 Å². The van der Waals surface area contributed by atoms with Gasteiger partial charge >= 0.3 is 13.6 Å². The third-order valence-electron chi connectivity index (χ3n) is 1.58. The summed E-state index contributed by atoms with van der Waals surface area (Å²) in [6, 6.07) is 0. The number of rotatable bonds is 6. The Labute approximate surface area is 77.5 Å². The largest absolute Gasteiger partial charge is 0.478 e. The summed E-state index contributed by atoms with van der Waals surface area (Å²) in [5.74, 6) is -0.921. The minimum Gasteiger partial charge on any atom is -0.478 e. The molecular weight excluding hydrogens is 191 g/mol. The second-order valence-electron chi connectivity index (χ2n) is 2.74. The van der Waals surface area contributed by atoms with E-state index < -0.39 is 13.6 Å². The van der Waals surface area contributed by atoms with Crippen LogP contribution in [0.4, 0.5) is 0 Å². The molecule has 4 nitrogen and oxygen atoms in total. The van der Waals surface area contributed by atoms with Crippen LogP contribution in [0.5, 0.6) is 0 Å². The Kier molecular flexibility index (Phi) is 6.15. The zero-order valence-electron chi connectivity index (χ0n) is 7.52. The lowest BCUT2D eigenvalue weighted by Gasteiger charge is -1.93. The van der Waals surface area contributed by atoms with Crippen LogP contribution in [0.15, 0.2) is 11.6 Å². The molecule has 0 saturated heterocycles. The molecule has 0 rings (SSSR count). The van der Waals surface area contributed by atoms with Gasteiger partial charge in [-0.1, -0.05) is 6.08 Å². The maximum atomic E-state index is 10.3. The monoisotopic (exact) mass is 204 g/mol. The van der Waals surface area contributed by atoms with E-state index in [0.29, 0.717) is 24.8 Å². The molecule has 0 radical (unpaired) electrons.